The molecule has 1 N–H and O–H groups in total. The normalized spacial score (nSPS) is 12.2. The van der Waals surface area contributed by atoms with Gasteiger partial charge in [-0.2, -0.15) is 13.2 Å². The minimum Gasteiger partial charge on any atom is -0.247 e. The first kappa shape index (κ1) is 15.2. The number of nitrogens with zero attached hydrogens (tertiary/aromatic N) is 2. The van der Waals surface area contributed by atoms with Gasteiger partial charge in [-0.15, -0.1) is 0 Å². The van der Waals surface area contributed by atoms with Crippen molar-refractivity contribution < 1.29 is 26.0 Å². The predicted molar refractivity (Wildman–Crippen MR) is 64.2 cm³/mol. The van der Waals surface area contributed by atoms with Crippen molar-refractivity contribution in [3.8, 4) is 0 Å². The molecule has 21 heavy (non-hydrogen) atoms. The van der Waals surface area contributed by atoms with Crippen molar-refractivity contribution in [2.24, 2.45) is 0 Å². The summed E-state index contributed by atoms with van der Waals surface area (Å²) >= 11 is 0. The van der Waals surface area contributed by atoms with E-state index < -0.39 is 38.4 Å². The topological polar surface area (TPSA) is 72.0 Å². The number of alkyl halides is 3. The summed E-state index contributed by atoms with van der Waals surface area (Å²) in [5.41, 5.74) is -1.61. The summed E-state index contributed by atoms with van der Waals surface area (Å²) < 4.78 is 77.1. The number of hydrogen-bond donors (Lipinski definition) is 1. The second-order valence-corrected chi connectivity index (χ2v) is 5.47. The zero-order valence-corrected chi connectivity index (χ0v) is 10.9. The van der Waals surface area contributed by atoms with Crippen LogP contribution < -0.4 is 4.72 Å². The van der Waals surface area contributed by atoms with E-state index in [2.05, 4.69) is 9.97 Å². The van der Waals surface area contributed by atoms with E-state index >= 15 is 0 Å². The van der Waals surface area contributed by atoms with Crippen LogP contribution in [0.4, 0.5) is 23.5 Å². The summed E-state index contributed by atoms with van der Waals surface area (Å²) in [5.74, 6) is -1.59. The zero-order chi connectivity index (χ0) is 15.7. The van der Waals surface area contributed by atoms with Crippen molar-refractivity contribution in [1.82, 2.24) is 9.97 Å². The molecule has 0 saturated carbocycles. The van der Waals surface area contributed by atoms with Crippen LogP contribution in [-0.4, -0.2) is 18.4 Å². The summed E-state index contributed by atoms with van der Waals surface area (Å²) in [4.78, 5) is 5.98. The Kier molecular flexibility index (Phi) is 3.81. The van der Waals surface area contributed by atoms with Crippen LogP contribution in [0.25, 0.3) is 0 Å². The summed E-state index contributed by atoms with van der Waals surface area (Å²) in [7, 11) is -4.61. The molecule has 1 heterocycles. The third kappa shape index (κ3) is 3.45. The highest BCUT2D eigenvalue weighted by atomic mass is 32.2. The van der Waals surface area contributed by atoms with Gasteiger partial charge in [0.05, 0.1) is 10.5 Å². The number of benzene rings is 1. The lowest BCUT2D eigenvalue weighted by atomic mass is 10.2. The van der Waals surface area contributed by atoms with Crippen LogP contribution in [0.5, 0.6) is 0 Å². The van der Waals surface area contributed by atoms with Crippen LogP contribution in [0.1, 0.15) is 5.56 Å². The van der Waals surface area contributed by atoms with Crippen LogP contribution in [-0.2, 0) is 16.2 Å². The fourth-order valence-corrected chi connectivity index (χ4v) is 2.65. The largest absolute Gasteiger partial charge is 0.417 e. The molecule has 10 heteroatoms. The van der Waals surface area contributed by atoms with Crippen LogP contribution in [0, 0.1) is 5.82 Å². The molecule has 0 amide bonds. The number of hydrogen-bond acceptors (Lipinski definition) is 4. The molecule has 1 aromatic heterocycles. The summed E-state index contributed by atoms with van der Waals surface area (Å²) in [6.07, 6.45) is -2.61. The fourth-order valence-electron chi connectivity index (χ4n) is 1.49. The molecule has 0 fully saturated rings. The first-order valence-corrected chi connectivity index (χ1v) is 6.85. The molecule has 2 rings (SSSR count). The molecule has 0 spiro atoms. The highest BCUT2D eigenvalue weighted by molar-refractivity contribution is 7.92. The Labute approximate surface area is 116 Å². The molecular formula is C11H7F4N3O2S. The van der Waals surface area contributed by atoms with Gasteiger partial charge in [-0.1, -0.05) is 0 Å². The molecule has 0 bridgehead atoms. The Morgan fingerprint density at radius 1 is 1.10 bits per heavy atom. The summed E-state index contributed by atoms with van der Waals surface area (Å²) in [5, 5.41) is 0. The standard InChI is InChI=1S/C11H7F4N3O2S/c12-7-2-3-9(8(6-7)11(13,14)15)21(19,20)18-10-16-4-1-5-17-10/h1-6H,(H,16,17,18). The van der Waals surface area contributed by atoms with Gasteiger partial charge in [0.25, 0.3) is 10.0 Å². The van der Waals surface area contributed by atoms with Gasteiger partial charge in [-0.05, 0) is 24.3 Å². The van der Waals surface area contributed by atoms with Crippen molar-refractivity contribution >= 4 is 16.0 Å². The van der Waals surface area contributed by atoms with Crippen molar-refractivity contribution in [2.45, 2.75) is 11.1 Å². The average molecular weight is 321 g/mol. The lowest BCUT2D eigenvalue weighted by Crippen LogP contribution is -2.20. The Balaban J connectivity index is 2.50. The lowest BCUT2D eigenvalue weighted by molar-refractivity contribution is -0.140. The Hall–Kier alpha value is -2.23. The number of aromatic nitrogens is 2. The molecule has 112 valence electrons. The maximum Gasteiger partial charge on any atom is 0.417 e. The number of halogens is 4. The average Bonchev–Trinajstić information content (AvgIpc) is 2.38. The predicted octanol–water partition coefficient (Wildman–Crippen LogP) is 2.44. The van der Waals surface area contributed by atoms with E-state index in [9.17, 15) is 26.0 Å². The van der Waals surface area contributed by atoms with E-state index in [0.29, 0.717) is 12.1 Å². The van der Waals surface area contributed by atoms with Crippen LogP contribution in [0.15, 0.2) is 41.6 Å². The smallest absolute Gasteiger partial charge is 0.247 e. The third-order valence-electron chi connectivity index (χ3n) is 2.33. The van der Waals surface area contributed by atoms with Gasteiger partial charge in [0.1, 0.15) is 5.82 Å². The molecule has 0 radical (unpaired) electrons. The summed E-state index contributed by atoms with van der Waals surface area (Å²) in [6, 6.07) is 2.66. The Morgan fingerprint density at radius 3 is 2.29 bits per heavy atom. The minimum atomic E-state index is -5.02. The van der Waals surface area contributed by atoms with E-state index in [1.165, 1.54) is 18.5 Å². The van der Waals surface area contributed by atoms with Gasteiger partial charge < -0.3 is 0 Å². The van der Waals surface area contributed by atoms with Crippen molar-refractivity contribution in [2.75, 3.05) is 4.72 Å². The molecular weight excluding hydrogens is 314 g/mol. The molecule has 0 atom stereocenters. The first-order chi connectivity index (χ1) is 9.70. The minimum absolute atomic E-state index is 0.112. The van der Waals surface area contributed by atoms with E-state index in [-0.39, 0.29) is 6.07 Å². The molecule has 2 aromatic rings. The van der Waals surface area contributed by atoms with Gasteiger partial charge in [-0.3, -0.25) is 0 Å². The van der Waals surface area contributed by atoms with Crippen molar-refractivity contribution in [3.63, 3.8) is 0 Å². The lowest BCUT2D eigenvalue weighted by Gasteiger charge is -2.13. The molecule has 0 aliphatic rings. The van der Waals surface area contributed by atoms with Gasteiger partial charge in [0, 0.05) is 12.4 Å². The van der Waals surface area contributed by atoms with E-state index in [1.54, 1.807) is 4.72 Å². The van der Waals surface area contributed by atoms with Gasteiger partial charge in [0.15, 0.2) is 0 Å². The second kappa shape index (κ2) is 5.28. The van der Waals surface area contributed by atoms with Gasteiger partial charge in [0.2, 0.25) is 5.95 Å². The fraction of sp³-hybridized carbons (Fsp3) is 0.0909. The Morgan fingerprint density at radius 2 is 1.71 bits per heavy atom. The number of anilines is 1. The quantitative estimate of drug-likeness (QED) is 0.881. The van der Waals surface area contributed by atoms with Crippen LogP contribution in [0.2, 0.25) is 0 Å². The molecule has 0 saturated heterocycles. The van der Waals surface area contributed by atoms with Gasteiger partial charge in [-0.25, -0.2) is 27.5 Å². The first-order valence-electron chi connectivity index (χ1n) is 5.37. The molecule has 5 nitrogen and oxygen atoms in total. The maximum absolute atomic E-state index is 13.0. The molecule has 0 aliphatic heterocycles. The zero-order valence-electron chi connectivity index (χ0n) is 10.1. The highest BCUT2D eigenvalue weighted by Crippen LogP contribution is 2.35. The van der Waals surface area contributed by atoms with E-state index in [1.807, 2.05) is 0 Å². The SMILES string of the molecule is O=S(=O)(Nc1ncccn1)c1ccc(F)cc1C(F)(F)F. The summed E-state index contributed by atoms with van der Waals surface area (Å²) in [6.45, 7) is 0. The second-order valence-electron chi connectivity index (χ2n) is 3.82. The number of sulfonamides is 1. The van der Waals surface area contributed by atoms with Gasteiger partial charge >= 0.3 is 6.18 Å². The monoisotopic (exact) mass is 321 g/mol. The van der Waals surface area contributed by atoms with Crippen LogP contribution >= 0.6 is 0 Å². The Bertz CT molecular complexity index is 748. The van der Waals surface area contributed by atoms with Crippen molar-refractivity contribution in [3.05, 3.63) is 48.0 Å². The van der Waals surface area contributed by atoms with E-state index in [0.717, 1.165) is 0 Å². The third-order valence-corrected chi connectivity index (χ3v) is 3.71. The number of rotatable bonds is 3. The molecule has 0 aliphatic carbocycles. The van der Waals surface area contributed by atoms with Crippen molar-refractivity contribution in [1.29, 1.82) is 0 Å². The molecule has 1 aromatic carbocycles. The highest BCUT2D eigenvalue weighted by Gasteiger charge is 2.37. The van der Waals surface area contributed by atoms with Crippen LogP contribution in [0.3, 0.4) is 0 Å². The molecule has 0 unspecified atom stereocenters. The maximum atomic E-state index is 13.0. The van der Waals surface area contributed by atoms with E-state index in [4.69, 9.17) is 0 Å². The number of nitrogens with one attached hydrogen (secondary N) is 1.